The van der Waals surface area contributed by atoms with Crippen LogP contribution in [0, 0.1) is 22.7 Å². The number of nitrogens with two attached hydrogens (primary N) is 1. The molecule has 1 saturated heterocycles. The van der Waals surface area contributed by atoms with Crippen molar-refractivity contribution in [1.82, 2.24) is 20.6 Å². The molecule has 3 aliphatic rings. The predicted octanol–water partition coefficient (Wildman–Crippen LogP) is 7.79. The maximum absolute atomic E-state index is 9.97. The van der Waals surface area contributed by atoms with Crippen LogP contribution >= 0.6 is 22.9 Å². The van der Waals surface area contributed by atoms with Crippen LogP contribution in [-0.2, 0) is 12.8 Å². The van der Waals surface area contributed by atoms with E-state index in [9.17, 15) is 10.7 Å². The number of nitriles is 1. The van der Waals surface area contributed by atoms with Gasteiger partial charge in [0.05, 0.1) is 11.3 Å². The topological polar surface area (TPSA) is 127 Å². The van der Waals surface area contributed by atoms with Gasteiger partial charge in [-0.3, -0.25) is 5.41 Å². The highest BCUT2D eigenvalue weighted by Gasteiger charge is 2.46. The van der Waals surface area contributed by atoms with E-state index in [1.807, 2.05) is 20.9 Å². The molecule has 0 radical (unpaired) electrons. The molecule has 0 bridgehead atoms. The first kappa shape index (κ1) is 36.3. The van der Waals surface area contributed by atoms with E-state index < -0.39 is 0 Å². The van der Waals surface area contributed by atoms with Crippen LogP contribution in [0.1, 0.15) is 126 Å². The molecule has 2 fully saturated rings. The van der Waals surface area contributed by atoms with Crippen LogP contribution in [-0.4, -0.2) is 54.4 Å². The second-order valence-electron chi connectivity index (χ2n) is 13.2. The number of nitrogen functional groups attached to an aromatic ring is 1. The molecule has 0 aromatic carbocycles. The van der Waals surface area contributed by atoms with Crippen molar-refractivity contribution in [3.05, 3.63) is 43.7 Å². The Morgan fingerprint density at radius 2 is 2.07 bits per heavy atom. The number of halogens is 1. The quantitative estimate of drug-likeness (QED) is 0.127. The highest BCUT2D eigenvalue weighted by Crippen LogP contribution is 2.46. The number of thiophene rings is 1. The summed E-state index contributed by atoms with van der Waals surface area (Å²) in [6.07, 6.45) is 11.1. The molecule has 0 unspecified atom stereocenters. The van der Waals surface area contributed by atoms with E-state index >= 15 is 0 Å². The summed E-state index contributed by atoms with van der Waals surface area (Å²) in [7, 11) is 2.00. The SMILES string of the molecule is CC.CCC/C(C(=N)c1nc(CC[C@@H](C)CCCNC)c(Cl)c(N2CCNC3(CC3)C2)n1)=C(/C)[C@H]1CCCc2sc(N)c(C#N)c21. The molecule has 1 spiro atoms. The smallest absolute Gasteiger partial charge is 0.180 e. The van der Waals surface area contributed by atoms with Gasteiger partial charge < -0.3 is 21.3 Å². The highest BCUT2D eigenvalue weighted by atomic mass is 35.5. The first-order valence-corrected chi connectivity index (χ1v) is 18.7. The van der Waals surface area contributed by atoms with Crippen LogP contribution in [0.5, 0.6) is 0 Å². The molecule has 1 saturated carbocycles. The van der Waals surface area contributed by atoms with Crippen LogP contribution in [0.2, 0.25) is 5.02 Å². The lowest BCUT2D eigenvalue weighted by molar-refractivity contribution is 0.439. The first-order valence-electron chi connectivity index (χ1n) is 17.5. The van der Waals surface area contributed by atoms with Gasteiger partial charge in [0.15, 0.2) is 11.6 Å². The summed E-state index contributed by atoms with van der Waals surface area (Å²) in [6.45, 7) is 14.3. The van der Waals surface area contributed by atoms with Crippen LogP contribution in [0.3, 0.4) is 0 Å². The third-order valence-corrected chi connectivity index (χ3v) is 11.3. The Labute approximate surface area is 286 Å². The van der Waals surface area contributed by atoms with Crippen LogP contribution in [0.15, 0.2) is 11.1 Å². The lowest BCUT2D eigenvalue weighted by Gasteiger charge is -2.35. The summed E-state index contributed by atoms with van der Waals surface area (Å²) < 4.78 is 0. The Morgan fingerprint density at radius 3 is 2.74 bits per heavy atom. The van der Waals surface area contributed by atoms with Gasteiger partial charge in [-0.15, -0.1) is 11.3 Å². The Balaban J connectivity index is 0.00000235. The lowest BCUT2D eigenvalue weighted by Crippen LogP contribution is -2.53. The van der Waals surface area contributed by atoms with Gasteiger partial charge in [-0.1, -0.05) is 51.3 Å². The van der Waals surface area contributed by atoms with E-state index in [-0.39, 0.29) is 11.5 Å². The summed E-state index contributed by atoms with van der Waals surface area (Å²) in [5.74, 6) is 1.88. The molecular formula is C36H55ClN8S. The molecule has 10 heteroatoms. The second-order valence-corrected chi connectivity index (χ2v) is 14.7. The molecule has 2 aromatic rings. The summed E-state index contributed by atoms with van der Waals surface area (Å²) in [5.41, 5.74) is 11.5. The van der Waals surface area contributed by atoms with E-state index in [0.717, 1.165) is 112 Å². The fourth-order valence-electron chi connectivity index (χ4n) is 7.08. The van der Waals surface area contributed by atoms with Gasteiger partial charge in [0.1, 0.15) is 21.8 Å². The Bertz CT molecular complexity index is 1440. The zero-order chi connectivity index (χ0) is 33.4. The molecule has 5 N–H and O–H groups in total. The van der Waals surface area contributed by atoms with Gasteiger partial charge >= 0.3 is 0 Å². The van der Waals surface area contributed by atoms with Crippen molar-refractivity contribution in [3.8, 4) is 6.07 Å². The molecular weight excluding hydrogens is 612 g/mol. The van der Waals surface area contributed by atoms with Gasteiger partial charge in [0.2, 0.25) is 0 Å². The minimum Gasteiger partial charge on any atom is -0.389 e. The fraction of sp³-hybridized carbons (Fsp3) is 0.667. The Hall–Kier alpha value is -2.51. The standard InChI is InChI=1S/C34H49ClN8S.C2H6/c1-5-8-24(22(3)23-10-6-11-27-28(23)25(19-36)31(38)44-27)30(37)32-41-26(13-12-21(2)9-7-16-39-4)29(35)33(42-32)43-18-17-40-34(20-43)14-15-34;1-2/h21,23,37,39-40H,5-18,20,38H2,1-4H3;1-2H3/b24-22+,37-30?;/t21-,23+;/m0./s1. The summed E-state index contributed by atoms with van der Waals surface area (Å²) in [6, 6.07) is 2.38. The lowest BCUT2D eigenvalue weighted by atomic mass is 9.78. The average Bonchev–Trinajstić information content (AvgIpc) is 3.72. The second kappa shape index (κ2) is 16.5. The summed E-state index contributed by atoms with van der Waals surface area (Å²) in [5, 5.41) is 27.7. The third kappa shape index (κ3) is 8.13. The van der Waals surface area contributed by atoms with Crippen molar-refractivity contribution in [1.29, 1.82) is 10.7 Å². The number of allylic oxidation sites excluding steroid dienone is 2. The molecule has 2 aliphatic carbocycles. The molecule has 2 atom stereocenters. The number of anilines is 2. The number of aryl methyl sites for hydroxylation is 2. The monoisotopic (exact) mass is 666 g/mol. The Kier molecular flexibility index (Phi) is 13.1. The molecule has 1 aliphatic heterocycles. The van der Waals surface area contributed by atoms with Crippen LogP contribution < -0.4 is 21.3 Å². The van der Waals surface area contributed by atoms with E-state index in [1.165, 1.54) is 17.7 Å². The molecule has 0 amide bonds. The molecule has 5 rings (SSSR count). The maximum Gasteiger partial charge on any atom is 0.180 e. The largest absolute Gasteiger partial charge is 0.389 e. The number of hydrogen-bond acceptors (Lipinski definition) is 9. The molecule has 8 nitrogen and oxygen atoms in total. The van der Waals surface area contributed by atoms with Crippen molar-refractivity contribution in [2.45, 2.75) is 117 Å². The molecule has 252 valence electrons. The number of hydrogen-bond donors (Lipinski definition) is 4. The van der Waals surface area contributed by atoms with Gasteiger partial charge in [0, 0.05) is 36.0 Å². The van der Waals surface area contributed by atoms with Crippen molar-refractivity contribution < 1.29 is 0 Å². The average molecular weight is 667 g/mol. The zero-order valence-corrected chi connectivity index (χ0v) is 30.5. The van der Waals surface area contributed by atoms with E-state index in [1.54, 1.807) is 11.3 Å². The maximum atomic E-state index is 9.97. The van der Waals surface area contributed by atoms with Crippen molar-refractivity contribution in [2.75, 3.05) is 43.9 Å². The van der Waals surface area contributed by atoms with Crippen molar-refractivity contribution in [2.24, 2.45) is 5.92 Å². The Morgan fingerprint density at radius 1 is 1.30 bits per heavy atom. The minimum atomic E-state index is 0.0800. The number of aromatic nitrogens is 2. The van der Waals surface area contributed by atoms with Gasteiger partial charge in [-0.2, -0.15) is 5.26 Å². The predicted molar refractivity (Wildman–Crippen MR) is 195 cm³/mol. The number of fused-ring (bicyclic) bond motifs is 1. The first-order chi connectivity index (χ1) is 22.2. The highest BCUT2D eigenvalue weighted by molar-refractivity contribution is 7.16. The number of piperazine rings is 1. The van der Waals surface area contributed by atoms with Gasteiger partial charge in [0.25, 0.3) is 0 Å². The van der Waals surface area contributed by atoms with Crippen molar-refractivity contribution >= 4 is 39.5 Å². The third-order valence-electron chi connectivity index (χ3n) is 9.86. The number of rotatable bonds is 13. The number of nitrogens with zero attached hydrogens (tertiary/aromatic N) is 4. The fourth-order valence-corrected chi connectivity index (χ4v) is 8.51. The number of nitrogens with one attached hydrogen (secondary N) is 3. The van der Waals surface area contributed by atoms with Crippen LogP contribution in [0.4, 0.5) is 10.8 Å². The zero-order valence-electron chi connectivity index (χ0n) is 28.9. The molecule has 3 heterocycles. The normalized spacial score (nSPS) is 19.4. The summed E-state index contributed by atoms with van der Waals surface area (Å²) >= 11 is 8.70. The van der Waals surface area contributed by atoms with E-state index in [4.69, 9.17) is 27.3 Å². The van der Waals surface area contributed by atoms with E-state index in [2.05, 4.69) is 42.4 Å². The van der Waals surface area contributed by atoms with E-state index in [0.29, 0.717) is 33.0 Å². The minimum absolute atomic E-state index is 0.0800. The van der Waals surface area contributed by atoms with Gasteiger partial charge in [-0.05, 0) is 102 Å². The van der Waals surface area contributed by atoms with Crippen molar-refractivity contribution in [3.63, 3.8) is 0 Å². The summed E-state index contributed by atoms with van der Waals surface area (Å²) in [4.78, 5) is 13.6. The molecule has 2 aromatic heterocycles. The molecule has 46 heavy (non-hydrogen) atoms. The van der Waals surface area contributed by atoms with Gasteiger partial charge in [-0.25, -0.2) is 9.97 Å². The van der Waals surface area contributed by atoms with Crippen LogP contribution in [0.25, 0.3) is 0 Å².